The smallest absolute Gasteiger partial charge is 0.336 e. The van der Waals surface area contributed by atoms with E-state index in [1.165, 1.54) is 5.56 Å². The second-order valence-electron chi connectivity index (χ2n) is 3.55. The Balaban J connectivity index is 0.000000980. The van der Waals surface area contributed by atoms with E-state index in [0.29, 0.717) is 6.42 Å². The molecule has 0 bridgehead atoms. The molecule has 1 aliphatic rings. The quantitative estimate of drug-likeness (QED) is 0.495. The van der Waals surface area contributed by atoms with Gasteiger partial charge in [0.2, 0.25) is 0 Å². The molecule has 1 aromatic carbocycles. The van der Waals surface area contributed by atoms with Gasteiger partial charge in [0.25, 0.3) is 0 Å². The fraction of sp³-hybridized carbons (Fsp3) is 0.250. The first-order chi connectivity index (χ1) is 6.20. The van der Waals surface area contributed by atoms with E-state index in [1.807, 2.05) is 24.3 Å². The summed E-state index contributed by atoms with van der Waals surface area (Å²) >= 11 is 0. The summed E-state index contributed by atoms with van der Waals surface area (Å²) in [6, 6.07) is 7.95. The zero-order valence-electron chi connectivity index (χ0n) is 7.81. The molecule has 0 N–H and O–H groups in total. The number of carbonyl (C=O) groups excluding carboxylic acids is 1. The molecule has 0 saturated heterocycles. The molecule has 0 saturated carbocycles. The summed E-state index contributed by atoms with van der Waals surface area (Å²) in [6.07, 6.45) is 0.533. The van der Waals surface area contributed by atoms with Crippen LogP contribution < -0.4 is 0 Å². The summed E-state index contributed by atoms with van der Waals surface area (Å²) in [5.41, 5.74) is 2.24. The number of benzene rings is 1. The molecule has 0 radical (unpaired) electrons. The summed E-state index contributed by atoms with van der Waals surface area (Å²) in [6.45, 7) is 7.85. The van der Waals surface area contributed by atoms with Crippen LogP contribution in [0.1, 0.15) is 29.4 Å². The Kier molecular flexibility index (Phi) is 3.50. The minimum absolute atomic E-state index is 0. The Hall–Kier alpha value is -0.616. The van der Waals surface area contributed by atoms with Crippen LogP contribution in [-0.2, 0) is 21.3 Å². The molecule has 1 nitrogen and oxygen atoms in total. The van der Waals surface area contributed by atoms with Crippen LogP contribution >= 0.6 is 0 Å². The van der Waals surface area contributed by atoms with E-state index in [1.54, 1.807) is 0 Å². The maximum absolute atomic E-state index is 11.5. The van der Waals surface area contributed by atoms with Gasteiger partial charge in [0.15, 0.2) is 0 Å². The van der Waals surface area contributed by atoms with Crippen LogP contribution in [0.15, 0.2) is 24.3 Å². The van der Waals surface area contributed by atoms with Crippen LogP contribution in [0.2, 0.25) is 0 Å². The largest absolute Gasteiger partial charge is 2.00 e. The van der Waals surface area contributed by atoms with Crippen molar-refractivity contribution < 1.29 is 21.3 Å². The zero-order chi connectivity index (χ0) is 9.42. The average Bonchev–Trinajstić information content (AvgIpc) is 2.15. The maximum atomic E-state index is 11.5. The van der Waals surface area contributed by atoms with E-state index in [4.69, 9.17) is 0 Å². The van der Waals surface area contributed by atoms with E-state index >= 15 is 0 Å². The number of carbonyl (C=O) groups is 1. The van der Waals surface area contributed by atoms with Gasteiger partial charge >= 0.3 is 16.5 Å². The van der Waals surface area contributed by atoms with Crippen molar-refractivity contribution >= 4 is 5.78 Å². The van der Waals surface area contributed by atoms with Crippen LogP contribution in [0.4, 0.5) is 0 Å². The monoisotopic (exact) mass is 230 g/mol. The van der Waals surface area contributed by atoms with Crippen molar-refractivity contribution in [1.82, 2.24) is 0 Å². The third kappa shape index (κ3) is 1.76. The Morgan fingerprint density at radius 2 is 1.71 bits per heavy atom. The molecule has 2 atom stereocenters. The molecule has 76 valence electrons. The predicted octanol–water partition coefficient (Wildman–Crippen LogP) is 2.49. The van der Waals surface area contributed by atoms with Gasteiger partial charge in [-0.15, -0.1) is 5.92 Å². The van der Waals surface area contributed by atoms with Crippen molar-refractivity contribution in [2.75, 3.05) is 0 Å². The SMILES string of the molecule is [CH2-][C@@H]1CC(=O)[C@H]([CH2-])c2ccccc21.[Ni+2]. The Labute approximate surface area is 94.8 Å². The molecular weight excluding hydrogens is 219 g/mol. The first-order valence-electron chi connectivity index (χ1n) is 4.48. The normalized spacial score (nSPS) is 25.1. The molecule has 2 rings (SSSR count). The summed E-state index contributed by atoms with van der Waals surface area (Å²) in [4.78, 5) is 11.5. The Morgan fingerprint density at radius 3 is 2.36 bits per heavy atom. The maximum Gasteiger partial charge on any atom is 2.00 e. The average molecular weight is 231 g/mol. The van der Waals surface area contributed by atoms with Gasteiger partial charge in [-0.25, -0.2) is 0 Å². The summed E-state index contributed by atoms with van der Waals surface area (Å²) in [7, 11) is 0. The number of hydrogen-bond acceptors (Lipinski definition) is 1. The third-order valence-electron chi connectivity index (χ3n) is 2.65. The molecule has 0 fully saturated rings. The molecular formula is C12H12NiO. The second-order valence-corrected chi connectivity index (χ2v) is 3.55. The Bertz CT molecular complexity index is 346. The third-order valence-corrected chi connectivity index (χ3v) is 2.65. The molecule has 0 aliphatic heterocycles. The van der Waals surface area contributed by atoms with Crippen LogP contribution in [-0.4, -0.2) is 5.78 Å². The predicted molar refractivity (Wildman–Crippen MR) is 52.3 cm³/mol. The van der Waals surface area contributed by atoms with Gasteiger partial charge in [-0.1, -0.05) is 41.3 Å². The van der Waals surface area contributed by atoms with Crippen LogP contribution in [0.5, 0.6) is 0 Å². The van der Waals surface area contributed by atoms with E-state index in [-0.39, 0.29) is 34.1 Å². The molecule has 0 unspecified atom stereocenters. The van der Waals surface area contributed by atoms with E-state index in [2.05, 4.69) is 13.8 Å². The fourth-order valence-corrected chi connectivity index (χ4v) is 1.87. The molecule has 1 aromatic rings. The molecule has 1 aliphatic carbocycles. The van der Waals surface area contributed by atoms with Gasteiger partial charge in [0, 0.05) is 0 Å². The van der Waals surface area contributed by atoms with Crippen molar-refractivity contribution in [1.29, 1.82) is 0 Å². The molecule has 2 heteroatoms. The number of ketones is 1. The van der Waals surface area contributed by atoms with Crippen LogP contribution in [0.25, 0.3) is 0 Å². The first-order valence-corrected chi connectivity index (χ1v) is 4.48. The molecule has 0 heterocycles. The summed E-state index contributed by atoms with van der Waals surface area (Å²) < 4.78 is 0. The first kappa shape index (κ1) is 11.5. The number of rotatable bonds is 0. The van der Waals surface area contributed by atoms with Gasteiger partial charge < -0.3 is 18.6 Å². The molecule has 0 amide bonds. The summed E-state index contributed by atoms with van der Waals surface area (Å²) in [5.74, 6) is 0.134. The number of fused-ring (bicyclic) bond motifs is 1. The van der Waals surface area contributed by atoms with Crippen molar-refractivity contribution in [2.24, 2.45) is 0 Å². The Morgan fingerprint density at radius 1 is 1.14 bits per heavy atom. The summed E-state index contributed by atoms with van der Waals surface area (Å²) in [5, 5.41) is 0. The second kappa shape index (κ2) is 4.27. The van der Waals surface area contributed by atoms with Crippen molar-refractivity contribution in [3.05, 3.63) is 49.2 Å². The van der Waals surface area contributed by atoms with E-state index in [0.717, 1.165) is 5.56 Å². The van der Waals surface area contributed by atoms with Gasteiger partial charge in [-0.2, -0.15) is 0 Å². The standard InChI is InChI=1S/C12H12O.Ni/c1-8-7-12(13)9(2)11-6-4-3-5-10(8)11;/h3-6,8-9H,1-2,7H2;/q-2;+2/t8-,9-;/m1./s1. The zero-order valence-corrected chi connectivity index (χ0v) is 8.80. The van der Waals surface area contributed by atoms with Crippen molar-refractivity contribution in [3.63, 3.8) is 0 Å². The molecule has 0 spiro atoms. The van der Waals surface area contributed by atoms with Gasteiger partial charge in [0.1, 0.15) is 5.78 Å². The van der Waals surface area contributed by atoms with Crippen LogP contribution in [0, 0.1) is 13.8 Å². The number of hydrogen-bond donors (Lipinski definition) is 0. The van der Waals surface area contributed by atoms with E-state index in [9.17, 15) is 4.79 Å². The molecule has 0 aromatic heterocycles. The van der Waals surface area contributed by atoms with Crippen LogP contribution in [0.3, 0.4) is 0 Å². The van der Waals surface area contributed by atoms with Crippen molar-refractivity contribution in [2.45, 2.75) is 18.3 Å². The topological polar surface area (TPSA) is 17.1 Å². The van der Waals surface area contributed by atoms with Gasteiger partial charge in [-0.3, -0.25) is 0 Å². The fourth-order valence-electron chi connectivity index (χ4n) is 1.87. The van der Waals surface area contributed by atoms with Gasteiger partial charge in [0.05, 0.1) is 0 Å². The number of Topliss-reactive ketones (excluding diaryl/α,β-unsaturated/α-hetero) is 1. The minimum atomic E-state index is -0.186. The van der Waals surface area contributed by atoms with E-state index < -0.39 is 0 Å². The molecule has 14 heavy (non-hydrogen) atoms. The van der Waals surface area contributed by atoms with Gasteiger partial charge in [-0.05, 0) is 6.42 Å². The van der Waals surface area contributed by atoms with Crippen molar-refractivity contribution in [3.8, 4) is 0 Å². The minimum Gasteiger partial charge on any atom is -0.336 e.